The Balaban J connectivity index is 1.63. The summed E-state index contributed by atoms with van der Waals surface area (Å²) in [5, 5.41) is 0. The minimum atomic E-state index is -0.121. The van der Waals surface area contributed by atoms with Crippen molar-refractivity contribution in [1.29, 1.82) is 0 Å². The molecule has 0 radical (unpaired) electrons. The van der Waals surface area contributed by atoms with E-state index in [2.05, 4.69) is 24.3 Å². The van der Waals surface area contributed by atoms with Gasteiger partial charge in [-0.1, -0.05) is 48.5 Å². The van der Waals surface area contributed by atoms with Gasteiger partial charge in [0.25, 0.3) is 0 Å². The first-order chi connectivity index (χ1) is 14.7. The standard InChI is InChI=1S/C25H24N2O3/c1-29-22-14-18-12-13-26-24(20(18)15-23(22)30-2)19-10-6-7-11-21(19)27(25(26)28)16-17-8-4-3-5-9-17/h3-11,14-15,24H,12-13,16H2,1-2H3/t24-/m1/s1. The third-order valence-corrected chi connectivity index (χ3v) is 6.06. The van der Waals surface area contributed by atoms with E-state index >= 15 is 0 Å². The fourth-order valence-corrected chi connectivity index (χ4v) is 4.63. The Hall–Kier alpha value is -3.47. The maximum Gasteiger partial charge on any atom is 0.325 e. The molecule has 0 fully saturated rings. The van der Waals surface area contributed by atoms with Crippen molar-refractivity contribution in [2.45, 2.75) is 19.0 Å². The Morgan fingerprint density at radius 3 is 2.37 bits per heavy atom. The quantitative estimate of drug-likeness (QED) is 0.632. The van der Waals surface area contributed by atoms with Crippen LogP contribution in [-0.4, -0.2) is 31.7 Å². The number of urea groups is 1. The topological polar surface area (TPSA) is 42.0 Å². The number of carbonyl (C=O) groups is 1. The number of nitrogens with zero attached hydrogens (tertiary/aromatic N) is 2. The van der Waals surface area contributed by atoms with Gasteiger partial charge in [-0.2, -0.15) is 0 Å². The third kappa shape index (κ3) is 2.89. The van der Waals surface area contributed by atoms with Crippen LogP contribution in [0.2, 0.25) is 0 Å². The van der Waals surface area contributed by atoms with Gasteiger partial charge in [-0.05, 0) is 41.3 Å². The number of benzene rings is 3. The van der Waals surface area contributed by atoms with Gasteiger partial charge in [0.1, 0.15) is 0 Å². The van der Waals surface area contributed by atoms with Gasteiger partial charge in [-0.15, -0.1) is 0 Å². The first-order valence-electron chi connectivity index (χ1n) is 10.2. The van der Waals surface area contributed by atoms with Crippen molar-refractivity contribution in [2.24, 2.45) is 0 Å². The summed E-state index contributed by atoms with van der Waals surface area (Å²) in [6.07, 6.45) is 0.791. The van der Waals surface area contributed by atoms with Crippen LogP contribution in [-0.2, 0) is 13.0 Å². The lowest BCUT2D eigenvalue weighted by Crippen LogP contribution is -2.51. The van der Waals surface area contributed by atoms with E-state index in [1.165, 1.54) is 5.56 Å². The Morgan fingerprint density at radius 2 is 1.60 bits per heavy atom. The van der Waals surface area contributed by atoms with Crippen molar-refractivity contribution in [2.75, 3.05) is 25.7 Å². The summed E-state index contributed by atoms with van der Waals surface area (Å²) >= 11 is 0. The summed E-state index contributed by atoms with van der Waals surface area (Å²) < 4.78 is 11.1. The SMILES string of the molecule is COc1cc2c(cc1OC)[C@H]1c3ccccc3N(Cc3ccccc3)C(=O)N1CC2. The molecule has 3 aromatic rings. The predicted octanol–water partition coefficient (Wildman–Crippen LogP) is 4.79. The van der Waals surface area contributed by atoms with Crippen molar-refractivity contribution in [1.82, 2.24) is 4.90 Å². The van der Waals surface area contributed by atoms with E-state index in [0.29, 0.717) is 18.8 Å². The summed E-state index contributed by atoms with van der Waals surface area (Å²) in [7, 11) is 3.30. The molecule has 0 N–H and O–H groups in total. The molecule has 0 aliphatic carbocycles. The van der Waals surface area contributed by atoms with Crippen LogP contribution >= 0.6 is 0 Å². The van der Waals surface area contributed by atoms with Gasteiger partial charge >= 0.3 is 6.03 Å². The normalized spacial score (nSPS) is 17.1. The number of fused-ring (bicyclic) bond motifs is 5. The van der Waals surface area contributed by atoms with Crippen LogP contribution in [0.3, 0.4) is 0 Å². The van der Waals surface area contributed by atoms with Gasteiger partial charge in [0, 0.05) is 12.1 Å². The number of rotatable bonds is 4. The van der Waals surface area contributed by atoms with Crippen molar-refractivity contribution in [3.8, 4) is 11.5 Å². The Labute approximate surface area is 176 Å². The minimum Gasteiger partial charge on any atom is -0.493 e. The van der Waals surface area contributed by atoms with E-state index in [1.807, 2.05) is 52.3 Å². The maximum absolute atomic E-state index is 13.6. The summed E-state index contributed by atoms with van der Waals surface area (Å²) in [5.41, 5.74) is 5.53. The number of para-hydroxylation sites is 1. The molecule has 3 aromatic carbocycles. The molecule has 5 nitrogen and oxygen atoms in total. The summed E-state index contributed by atoms with van der Waals surface area (Å²) in [6.45, 7) is 1.23. The number of methoxy groups -OCH3 is 2. The molecule has 0 unspecified atom stereocenters. The number of carbonyl (C=O) groups excluding carboxylic acids is 1. The van der Waals surface area contributed by atoms with Crippen molar-refractivity contribution < 1.29 is 14.3 Å². The zero-order valence-electron chi connectivity index (χ0n) is 17.2. The van der Waals surface area contributed by atoms with Gasteiger partial charge in [-0.25, -0.2) is 4.79 Å². The molecule has 2 amide bonds. The summed E-state index contributed by atoms with van der Waals surface area (Å²) in [4.78, 5) is 17.5. The van der Waals surface area contributed by atoms with E-state index in [9.17, 15) is 4.79 Å². The van der Waals surface area contributed by atoms with E-state index in [0.717, 1.165) is 34.5 Å². The first-order valence-corrected chi connectivity index (χ1v) is 10.2. The molecule has 0 bridgehead atoms. The van der Waals surface area contributed by atoms with Crippen LogP contribution in [0.25, 0.3) is 0 Å². The zero-order chi connectivity index (χ0) is 20.7. The second-order valence-electron chi connectivity index (χ2n) is 7.67. The molecule has 30 heavy (non-hydrogen) atoms. The number of ether oxygens (including phenoxy) is 2. The molecule has 5 heteroatoms. The van der Waals surface area contributed by atoms with Gasteiger partial charge in [0.15, 0.2) is 11.5 Å². The largest absolute Gasteiger partial charge is 0.493 e. The second-order valence-corrected chi connectivity index (χ2v) is 7.67. The molecule has 2 aliphatic heterocycles. The van der Waals surface area contributed by atoms with Crippen LogP contribution < -0.4 is 14.4 Å². The van der Waals surface area contributed by atoms with Gasteiger partial charge in [0.2, 0.25) is 0 Å². The highest BCUT2D eigenvalue weighted by Gasteiger charge is 2.41. The molecule has 152 valence electrons. The smallest absolute Gasteiger partial charge is 0.325 e. The van der Waals surface area contributed by atoms with Gasteiger partial charge in [0.05, 0.1) is 32.5 Å². The van der Waals surface area contributed by atoms with E-state index in [-0.39, 0.29) is 12.1 Å². The maximum atomic E-state index is 13.6. The molecule has 0 aromatic heterocycles. The summed E-state index contributed by atoms with van der Waals surface area (Å²) in [6, 6.07) is 22.4. The average molecular weight is 400 g/mol. The Bertz CT molecular complexity index is 1100. The van der Waals surface area contributed by atoms with E-state index in [1.54, 1.807) is 14.2 Å². The molecular weight excluding hydrogens is 376 g/mol. The first kappa shape index (κ1) is 18.6. The second kappa shape index (κ2) is 7.41. The number of hydrogen-bond acceptors (Lipinski definition) is 3. The van der Waals surface area contributed by atoms with Crippen LogP contribution in [0.5, 0.6) is 11.5 Å². The third-order valence-electron chi connectivity index (χ3n) is 6.06. The molecule has 2 aliphatic rings. The fourth-order valence-electron chi connectivity index (χ4n) is 4.63. The van der Waals surface area contributed by atoms with Crippen molar-refractivity contribution in [3.05, 3.63) is 89.0 Å². The fraction of sp³-hybridized carbons (Fsp3) is 0.240. The van der Waals surface area contributed by atoms with Gasteiger partial charge < -0.3 is 14.4 Å². The monoisotopic (exact) mass is 400 g/mol. The predicted molar refractivity (Wildman–Crippen MR) is 116 cm³/mol. The number of anilines is 1. The van der Waals surface area contributed by atoms with Crippen molar-refractivity contribution in [3.63, 3.8) is 0 Å². The summed E-state index contributed by atoms with van der Waals surface area (Å²) in [5.74, 6) is 1.42. The average Bonchev–Trinajstić information content (AvgIpc) is 2.80. The molecule has 0 spiro atoms. The Morgan fingerprint density at radius 1 is 0.900 bits per heavy atom. The van der Waals surface area contributed by atoms with Crippen LogP contribution in [0.15, 0.2) is 66.7 Å². The highest BCUT2D eigenvalue weighted by atomic mass is 16.5. The highest BCUT2D eigenvalue weighted by molar-refractivity contribution is 5.96. The molecule has 0 saturated carbocycles. The Kier molecular flexibility index (Phi) is 4.58. The van der Waals surface area contributed by atoms with E-state index < -0.39 is 0 Å². The zero-order valence-corrected chi connectivity index (χ0v) is 17.2. The van der Waals surface area contributed by atoms with Crippen LogP contribution in [0.4, 0.5) is 10.5 Å². The lowest BCUT2D eigenvalue weighted by Gasteiger charge is -2.46. The lowest BCUT2D eigenvalue weighted by molar-refractivity contribution is 0.181. The van der Waals surface area contributed by atoms with Crippen LogP contribution in [0, 0.1) is 0 Å². The highest BCUT2D eigenvalue weighted by Crippen LogP contribution is 2.46. The number of hydrogen-bond donors (Lipinski definition) is 0. The minimum absolute atomic E-state index is 0.0444. The van der Waals surface area contributed by atoms with Crippen molar-refractivity contribution >= 4 is 11.7 Å². The number of amides is 2. The van der Waals surface area contributed by atoms with Gasteiger partial charge in [-0.3, -0.25) is 4.90 Å². The molecule has 5 rings (SSSR count). The van der Waals surface area contributed by atoms with Crippen LogP contribution in [0.1, 0.15) is 28.3 Å². The van der Waals surface area contributed by atoms with E-state index in [4.69, 9.17) is 9.47 Å². The lowest BCUT2D eigenvalue weighted by atomic mass is 9.85. The molecule has 0 saturated heterocycles. The molecule has 2 heterocycles. The molecule has 1 atom stereocenters. The molecular formula is C25H24N2O3.